The molecule has 0 bridgehead atoms. The van der Waals surface area contributed by atoms with Crippen molar-refractivity contribution >= 4 is 11.6 Å². The minimum Gasteiger partial charge on any atom is -0.397 e. The van der Waals surface area contributed by atoms with Crippen molar-refractivity contribution in [3.63, 3.8) is 0 Å². The van der Waals surface area contributed by atoms with E-state index in [0.717, 1.165) is 26.2 Å². The Morgan fingerprint density at radius 1 is 1.60 bits per heavy atom. The lowest BCUT2D eigenvalue weighted by atomic mass is 10.1. The number of nitrogens with zero attached hydrogens (tertiary/aromatic N) is 2. The molecule has 5 heteroatoms. The fraction of sp³-hybridized carbons (Fsp3) is 0.667. The van der Waals surface area contributed by atoms with Gasteiger partial charge in [0.1, 0.15) is 5.69 Å². The molecule has 112 valence electrons. The van der Waals surface area contributed by atoms with Gasteiger partial charge in [-0.15, -0.1) is 0 Å². The zero-order valence-corrected chi connectivity index (χ0v) is 12.6. The molecule has 1 aliphatic heterocycles. The van der Waals surface area contributed by atoms with E-state index < -0.39 is 0 Å². The van der Waals surface area contributed by atoms with Crippen molar-refractivity contribution in [1.29, 1.82) is 0 Å². The predicted octanol–water partition coefficient (Wildman–Crippen LogP) is 2.15. The summed E-state index contributed by atoms with van der Waals surface area (Å²) in [6.45, 7) is 9.16. The van der Waals surface area contributed by atoms with Crippen LogP contribution in [0.1, 0.15) is 43.7 Å². The maximum Gasteiger partial charge on any atom is 0.270 e. The molecule has 0 aromatic carbocycles. The smallest absolute Gasteiger partial charge is 0.270 e. The van der Waals surface area contributed by atoms with Gasteiger partial charge in [0.25, 0.3) is 5.91 Å². The van der Waals surface area contributed by atoms with Gasteiger partial charge in [-0.25, -0.2) is 0 Å². The molecular weight excluding hydrogens is 254 g/mol. The second kappa shape index (κ2) is 6.31. The van der Waals surface area contributed by atoms with E-state index >= 15 is 0 Å². The minimum atomic E-state index is 0.0600. The number of nitrogens with two attached hydrogens (primary N) is 1. The van der Waals surface area contributed by atoms with Crippen molar-refractivity contribution in [3.8, 4) is 0 Å². The SMILES string of the molecule is CCN(CC1CCOC1)C(=O)c1cc(N)cn1C(C)C. The maximum atomic E-state index is 12.7. The average Bonchev–Trinajstić information content (AvgIpc) is 3.04. The van der Waals surface area contributed by atoms with Gasteiger partial charge in [0, 0.05) is 37.9 Å². The maximum absolute atomic E-state index is 12.7. The summed E-state index contributed by atoms with van der Waals surface area (Å²) in [5.74, 6) is 0.517. The van der Waals surface area contributed by atoms with E-state index in [-0.39, 0.29) is 11.9 Å². The molecule has 1 aliphatic rings. The molecule has 2 rings (SSSR count). The summed E-state index contributed by atoms with van der Waals surface area (Å²) >= 11 is 0. The highest BCUT2D eigenvalue weighted by Crippen LogP contribution is 2.20. The fourth-order valence-corrected chi connectivity index (χ4v) is 2.66. The van der Waals surface area contributed by atoms with Crippen LogP contribution in [0.3, 0.4) is 0 Å². The van der Waals surface area contributed by atoms with Crippen molar-refractivity contribution in [2.45, 2.75) is 33.2 Å². The van der Waals surface area contributed by atoms with Crippen molar-refractivity contribution in [2.75, 3.05) is 32.0 Å². The summed E-state index contributed by atoms with van der Waals surface area (Å²) in [4.78, 5) is 14.6. The first-order valence-electron chi connectivity index (χ1n) is 7.37. The Labute approximate surface area is 120 Å². The first kappa shape index (κ1) is 14.9. The molecule has 1 fully saturated rings. The zero-order chi connectivity index (χ0) is 14.7. The summed E-state index contributed by atoms with van der Waals surface area (Å²) in [7, 11) is 0. The van der Waals surface area contributed by atoms with Gasteiger partial charge in [-0.3, -0.25) is 4.79 Å². The van der Waals surface area contributed by atoms with Gasteiger partial charge in [0.15, 0.2) is 0 Å². The number of rotatable bonds is 5. The van der Waals surface area contributed by atoms with Gasteiger partial charge in [-0.05, 0) is 33.3 Å². The van der Waals surface area contributed by atoms with E-state index in [4.69, 9.17) is 10.5 Å². The third-order valence-electron chi connectivity index (χ3n) is 3.82. The monoisotopic (exact) mass is 279 g/mol. The quantitative estimate of drug-likeness (QED) is 0.898. The lowest BCUT2D eigenvalue weighted by Gasteiger charge is -2.25. The second-order valence-corrected chi connectivity index (χ2v) is 5.73. The summed E-state index contributed by atoms with van der Waals surface area (Å²) in [6, 6.07) is 2.00. The second-order valence-electron chi connectivity index (χ2n) is 5.73. The van der Waals surface area contributed by atoms with Crippen LogP contribution < -0.4 is 5.73 Å². The molecular formula is C15H25N3O2. The topological polar surface area (TPSA) is 60.5 Å². The summed E-state index contributed by atoms with van der Waals surface area (Å²) in [6.07, 6.45) is 2.88. The number of carbonyl (C=O) groups excluding carboxylic acids is 1. The van der Waals surface area contributed by atoms with Crippen LogP contribution in [-0.2, 0) is 4.74 Å². The Kier molecular flexibility index (Phi) is 4.70. The van der Waals surface area contributed by atoms with Crippen molar-refractivity contribution < 1.29 is 9.53 Å². The Morgan fingerprint density at radius 2 is 2.35 bits per heavy atom. The predicted molar refractivity (Wildman–Crippen MR) is 79.7 cm³/mol. The molecule has 20 heavy (non-hydrogen) atoms. The van der Waals surface area contributed by atoms with Crippen LogP contribution in [0.5, 0.6) is 0 Å². The molecule has 0 aliphatic carbocycles. The Balaban J connectivity index is 2.15. The number of hydrogen-bond acceptors (Lipinski definition) is 3. The molecule has 0 radical (unpaired) electrons. The van der Waals surface area contributed by atoms with Crippen molar-refractivity contribution in [1.82, 2.24) is 9.47 Å². The highest BCUT2D eigenvalue weighted by Gasteiger charge is 2.24. The van der Waals surface area contributed by atoms with Gasteiger partial charge >= 0.3 is 0 Å². The third-order valence-corrected chi connectivity index (χ3v) is 3.82. The molecule has 1 atom stereocenters. The molecule has 1 amide bonds. The van der Waals surface area contributed by atoms with Gasteiger partial charge in [-0.2, -0.15) is 0 Å². The summed E-state index contributed by atoms with van der Waals surface area (Å²) in [5, 5.41) is 0. The Bertz CT molecular complexity index is 462. The van der Waals surface area contributed by atoms with Gasteiger partial charge < -0.3 is 19.9 Å². The molecule has 1 aromatic heterocycles. The molecule has 1 saturated heterocycles. The molecule has 1 unspecified atom stereocenters. The molecule has 2 N–H and O–H groups in total. The third kappa shape index (κ3) is 3.15. The summed E-state index contributed by atoms with van der Waals surface area (Å²) in [5.41, 5.74) is 7.17. The average molecular weight is 279 g/mol. The van der Waals surface area contributed by atoms with E-state index in [1.807, 2.05) is 22.6 Å². The van der Waals surface area contributed by atoms with Crippen LogP contribution in [0.4, 0.5) is 5.69 Å². The van der Waals surface area contributed by atoms with Crippen LogP contribution in [-0.4, -0.2) is 41.7 Å². The molecule has 1 aromatic rings. The minimum absolute atomic E-state index is 0.0600. The number of hydrogen-bond donors (Lipinski definition) is 1. The standard InChI is InChI=1S/C15H25N3O2/c1-4-17(8-12-5-6-20-10-12)15(19)14-7-13(16)9-18(14)11(2)3/h7,9,11-12H,4-6,8,10,16H2,1-3H3. The molecule has 5 nitrogen and oxygen atoms in total. The van der Waals surface area contributed by atoms with Crippen LogP contribution in [0.15, 0.2) is 12.3 Å². The van der Waals surface area contributed by atoms with Crippen molar-refractivity contribution in [3.05, 3.63) is 18.0 Å². The lowest BCUT2D eigenvalue weighted by molar-refractivity contribution is 0.0718. The van der Waals surface area contributed by atoms with E-state index in [0.29, 0.717) is 23.8 Å². The highest BCUT2D eigenvalue weighted by atomic mass is 16.5. The van der Waals surface area contributed by atoms with E-state index in [2.05, 4.69) is 13.8 Å². The van der Waals surface area contributed by atoms with Gasteiger partial charge in [-0.1, -0.05) is 0 Å². The number of nitrogen functional groups attached to an aromatic ring is 1. The number of carbonyl (C=O) groups is 1. The zero-order valence-electron chi connectivity index (χ0n) is 12.6. The molecule has 2 heterocycles. The lowest BCUT2D eigenvalue weighted by Crippen LogP contribution is -2.36. The van der Waals surface area contributed by atoms with E-state index in [1.54, 1.807) is 6.07 Å². The van der Waals surface area contributed by atoms with Crippen LogP contribution >= 0.6 is 0 Å². The number of amides is 1. The van der Waals surface area contributed by atoms with Crippen LogP contribution in [0.25, 0.3) is 0 Å². The van der Waals surface area contributed by atoms with Gasteiger partial charge in [0.05, 0.1) is 12.3 Å². The Morgan fingerprint density at radius 3 is 2.90 bits per heavy atom. The Hall–Kier alpha value is -1.49. The first-order chi connectivity index (χ1) is 9.52. The molecule has 0 saturated carbocycles. The normalized spacial score (nSPS) is 18.7. The van der Waals surface area contributed by atoms with Crippen LogP contribution in [0.2, 0.25) is 0 Å². The van der Waals surface area contributed by atoms with E-state index in [1.165, 1.54) is 0 Å². The number of ether oxygens (including phenoxy) is 1. The van der Waals surface area contributed by atoms with Gasteiger partial charge in [0.2, 0.25) is 0 Å². The van der Waals surface area contributed by atoms with Crippen molar-refractivity contribution in [2.24, 2.45) is 5.92 Å². The van der Waals surface area contributed by atoms with E-state index in [9.17, 15) is 4.79 Å². The molecule has 0 spiro atoms. The summed E-state index contributed by atoms with van der Waals surface area (Å²) < 4.78 is 7.34. The number of aromatic nitrogens is 1. The fourth-order valence-electron chi connectivity index (χ4n) is 2.66. The largest absolute Gasteiger partial charge is 0.397 e. The number of anilines is 1. The highest BCUT2D eigenvalue weighted by molar-refractivity contribution is 5.94. The first-order valence-corrected chi connectivity index (χ1v) is 7.37. The van der Waals surface area contributed by atoms with Crippen LogP contribution in [0, 0.1) is 5.92 Å².